The topological polar surface area (TPSA) is 111 Å². The van der Waals surface area contributed by atoms with E-state index < -0.39 is 41.3 Å². The molecule has 4 amide bonds. The number of piperidine rings is 1. The number of nitrogens with one attached hydrogen (secondary N) is 2. The predicted octanol–water partition coefficient (Wildman–Crippen LogP) is 4.09. The number of amides is 4. The third kappa shape index (κ3) is 5.56. The molecule has 218 valence electrons. The molecule has 2 saturated heterocycles. The van der Waals surface area contributed by atoms with Gasteiger partial charge in [-0.3, -0.25) is 4.90 Å². The monoisotopic (exact) mass is 568 g/mol. The molecule has 0 radical (unpaired) electrons. The van der Waals surface area contributed by atoms with Gasteiger partial charge in [0.2, 0.25) is 0 Å². The summed E-state index contributed by atoms with van der Waals surface area (Å²) in [6, 6.07) is 10.3. The number of urea groups is 2. The summed E-state index contributed by atoms with van der Waals surface area (Å²) >= 11 is 0. The molecular formula is C30H34F2N4O5. The van der Waals surface area contributed by atoms with Crippen LogP contribution in [0.3, 0.4) is 0 Å². The van der Waals surface area contributed by atoms with Crippen LogP contribution in [-0.2, 0) is 15.1 Å². The van der Waals surface area contributed by atoms with Crippen LogP contribution in [-0.4, -0.2) is 65.2 Å². The molecule has 3 N–H and O–H groups in total. The fourth-order valence-electron chi connectivity index (χ4n) is 6.53. The van der Waals surface area contributed by atoms with Gasteiger partial charge in [-0.1, -0.05) is 36.4 Å². The molecule has 2 bridgehead atoms. The number of esters is 1. The van der Waals surface area contributed by atoms with Gasteiger partial charge < -0.3 is 20.5 Å². The number of rotatable bonds is 7. The van der Waals surface area contributed by atoms with Crippen LogP contribution in [0.1, 0.15) is 56.2 Å². The smallest absolute Gasteiger partial charge is 0.337 e. The highest BCUT2D eigenvalue weighted by Gasteiger charge is 2.48. The van der Waals surface area contributed by atoms with E-state index in [4.69, 9.17) is 4.74 Å². The third-order valence-electron chi connectivity index (χ3n) is 8.43. The molecule has 3 unspecified atom stereocenters. The van der Waals surface area contributed by atoms with Crippen molar-refractivity contribution in [1.29, 1.82) is 0 Å². The average Bonchev–Trinajstić information content (AvgIpc) is 3.21. The number of fused-ring (bicyclic) bond motifs is 2. The molecule has 41 heavy (non-hydrogen) atoms. The van der Waals surface area contributed by atoms with Crippen LogP contribution >= 0.6 is 0 Å². The minimum atomic E-state index is -1.32. The van der Waals surface area contributed by atoms with Crippen molar-refractivity contribution < 1.29 is 33.0 Å². The summed E-state index contributed by atoms with van der Waals surface area (Å²) in [4.78, 5) is 42.1. The zero-order valence-corrected chi connectivity index (χ0v) is 23.0. The molecule has 5 rings (SSSR count). The Hall–Kier alpha value is -3.83. The van der Waals surface area contributed by atoms with E-state index in [2.05, 4.69) is 15.5 Å². The number of imide groups is 1. The first-order valence-electron chi connectivity index (χ1n) is 13.8. The van der Waals surface area contributed by atoms with E-state index in [0.29, 0.717) is 25.8 Å². The van der Waals surface area contributed by atoms with Crippen molar-refractivity contribution in [2.45, 2.75) is 62.8 Å². The van der Waals surface area contributed by atoms with Crippen molar-refractivity contribution in [3.63, 3.8) is 0 Å². The molecule has 0 aromatic heterocycles. The zero-order valence-electron chi connectivity index (χ0n) is 23.0. The minimum absolute atomic E-state index is 0.0458. The van der Waals surface area contributed by atoms with Crippen molar-refractivity contribution in [2.75, 3.05) is 20.2 Å². The van der Waals surface area contributed by atoms with Gasteiger partial charge in [-0.25, -0.2) is 28.1 Å². The van der Waals surface area contributed by atoms with Gasteiger partial charge in [0, 0.05) is 30.9 Å². The van der Waals surface area contributed by atoms with Gasteiger partial charge in [-0.05, 0) is 62.3 Å². The Labute approximate surface area is 237 Å². The van der Waals surface area contributed by atoms with Crippen LogP contribution in [0.5, 0.6) is 0 Å². The fraction of sp³-hybridized carbons (Fsp3) is 0.433. The van der Waals surface area contributed by atoms with Crippen molar-refractivity contribution in [2.24, 2.45) is 0 Å². The maximum absolute atomic E-state index is 14.2. The summed E-state index contributed by atoms with van der Waals surface area (Å²) < 4.78 is 32.7. The quantitative estimate of drug-likeness (QED) is 0.343. The Balaban J connectivity index is 1.25. The molecule has 3 atom stereocenters. The third-order valence-corrected chi connectivity index (χ3v) is 8.43. The molecule has 3 aliphatic rings. The minimum Gasteiger partial charge on any atom is -0.466 e. The molecule has 2 aromatic carbocycles. The molecular weight excluding hydrogens is 534 g/mol. The van der Waals surface area contributed by atoms with Crippen molar-refractivity contribution >= 4 is 18.0 Å². The Kier molecular flexibility index (Phi) is 8.10. The summed E-state index contributed by atoms with van der Waals surface area (Å²) in [7, 11) is 1.15. The summed E-state index contributed by atoms with van der Waals surface area (Å²) in [6.45, 7) is 2.41. The maximum Gasteiger partial charge on any atom is 0.337 e. The highest BCUT2D eigenvalue weighted by molar-refractivity contribution is 6.01. The molecule has 2 aromatic rings. The van der Waals surface area contributed by atoms with Crippen molar-refractivity contribution in [3.05, 3.63) is 82.6 Å². The van der Waals surface area contributed by atoms with Crippen LogP contribution < -0.4 is 10.6 Å². The second kappa shape index (κ2) is 11.6. The molecule has 2 fully saturated rings. The lowest BCUT2D eigenvalue weighted by Crippen LogP contribution is -2.54. The van der Waals surface area contributed by atoms with E-state index in [1.54, 1.807) is 0 Å². The van der Waals surface area contributed by atoms with Crippen LogP contribution in [0, 0.1) is 11.6 Å². The van der Waals surface area contributed by atoms with Gasteiger partial charge in [-0.15, -0.1) is 0 Å². The van der Waals surface area contributed by atoms with E-state index in [9.17, 15) is 28.3 Å². The molecule has 3 aliphatic heterocycles. The van der Waals surface area contributed by atoms with E-state index >= 15 is 0 Å². The molecule has 11 heteroatoms. The zero-order chi connectivity index (χ0) is 29.3. The fourth-order valence-corrected chi connectivity index (χ4v) is 6.53. The van der Waals surface area contributed by atoms with Crippen molar-refractivity contribution in [3.8, 4) is 0 Å². The molecule has 3 heterocycles. The maximum atomic E-state index is 14.2. The summed E-state index contributed by atoms with van der Waals surface area (Å²) in [5.41, 5.74) is 0.220. The van der Waals surface area contributed by atoms with Gasteiger partial charge in [-0.2, -0.15) is 0 Å². The SMILES string of the molecule is COC(=O)C1=C(C)NC(=O)N(C(=O)NCCCN2C3CCC2CC(O)(c2ccccc2)C3)C1c1ccc(F)c(F)c1. The largest absolute Gasteiger partial charge is 0.466 e. The van der Waals surface area contributed by atoms with Gasteiger partial charge in [0.15, 0.2) is 11.6 Å². The highest BCUT2D eigenvalue weighted by atomic mass is 19.2. The molecule has 0 spiro atoms. The summed E-state index contributed by atoms with van der Waals surface area (Å²) in [5.74, 6) is -3.09. The molecule has 9 nitrogen and oxygen atoms in total. The first kappa shape index (κ1) is 28.7. The van der Waals surface area contributed by atoms with Crippen LogP contribution in [0.15, 0.2) is 59.8 Å². The van der Waals surface area contributed by atoms with Crippen LogP contribution in [0.4, 0.5) is 18.4 Å². The van der Waals surface area contributed by atoms with E-state index in [1.165, 1.54) is 13.0 Å². The first-order valence-corrected chi connectivity index (χ1v) is 13.8. The van der Waals surface area contributed by atoms with Gasteiger partial charge in [0.1, 0.15) is 6.04 Å². The van der Waals surface area contributed by atoms with Gasteiger partial charge in [0.05, 0.1) is 18.3 Å². The highest BCUT2D eigenvalue weighted by Crippen LogP contribution is 2.45. The number of nitrogens with zero attached hydrogens (tertiary/aromatic N) is 2. The number of carbonyl (C=O) groups is 3. The summed E-state index contributed by atoms with van der Waals surface area (Å²) in [5, 5.41) is 16.6. The number of halogens is 2. The van der Waals surface area contributed by atoms with Gasteiger partial charge >= 0.3 is 18.0 Å². The number of carbonyl (C=O) groups excluding carboxylic acids is 3. The number of ether oxygens (including phenoxy) is 1. The van der Waals surface area contributed by atoms with Crippen LogP contribution in [0.2, 0.25) is 0 Å². The van der Waals surface area contributed by atoms with Crippen LogP contribution in [0.25, 0.3) is 0 Å². The second-order valence-electron chi connectivity index (χ2n) is 10.9. The Bertz CT molecular complexity index is 1350. The number of allylic oxidation sites excluding steroid dienone is 1. The lowest BCUT2D eigenvalue weighted by molar-refractivity contribution is -0.136. The molecule has 0 aliphatic carbocycles. The van der Waals surface area contributed by atoms with E-state index in [1.807, 2.05) is 30.3 Å². The number of benzene rings is 2. The van der Waals surface area contributed by atoms with E-state index in [0.717, 1.165) is 42.5 Å². The standard InChI is InChI=1S/C30H34F2N4O5/c1-18-25(27(37)41-2)26(19-9-12-23(31)24(32)15-19)36(29(39)34-18)28(38)33-13-6-14-35-21-10-11-22(35)17-30(40,16-21)20-7-4-3-5-8-20/h3-5,7-9,12,15,21-22,26,40H,6,10-11,13-14,16-17H2,1-2H3,(H,33,38)(H,34,39). The number of hydrogen-bond acceptors (Lipinski definition) is 6. The van der Waals surface area contributed by atoms with Gasteiger partial charge in [0.25, 0.3) is 0 Å². The van der Waals surface area contributed by atoms with Crippen molar-refractivity contribution in [1.82, 2.24) is 20.4 Å². The lowest BCUT2D eigenvalue weighted by atomic mass is 9.80. The molecule has 0 saturated carbocycles. The Morgan fingerprint density at radius 3 is 2.41 bits per heavy atom. The summed E-state index contributed by atoms with van der Waals surface area (Å²) in [6.07, 6.45) is 3.88. The predicted molar refractivity (Wildman–Crippen MR) is 145 cm³/mol. The Morgan fingerprint density at radius 2 is 1.78 bits per heavy atom. The number of methoxy groups -OCH3 is 1. The lowest BCUT2D eigenvalue weighted by Gasteiger charge is -2.44. The normalized spacial score (nSPS) is 26.1. The van der Waals surface area contributed by atoms with E-state index in [-0.39, 0.29) is 35.5 Å². The first-order chi connectivity index (χ1) is 19.6. The Morgan fingerprint density at radius 1 is 1.10 bits per heavy atom. The average molecular weight is 569 g/mol. The number of aliphatic hydroxyl groups is 1. The number of hydrogen-bond donors (Lipinski definition) is 3. The second-order valence-corrected chi connectivity index (χ2v) is 10.9.